The van der Waals surface area contributed by atoms with Crippen LogP contribution in [-0.2, 0) is 32.7 Å². The van der Waals surface area contributed by atoms with E-state index in [1.165, 1.54) is 63.5 Å². The van der Waals surface area contributed by atoms with Crippen LogP contribution in [0, 0.1) is 26.9 Å². The predicted octanol–water partition coefficient (Wildman–Crippen LogP) is 18.5. The monoisotopic (exact) mass is 1970 g/mol. The number of nitrogen functional groups attached to an aromatic ring is 1. The average Bonchev–Trinajstić information content (AvgIpc) is 1.50. The SMILES string of the molecule is Brc1ccc2nc(I)ncc2c1.CC(C)(C)OC(=O)NC1CCC(N)CC1.CC1(C)OB(B2OC(C)(C)C(C)(C)O2)OC1(C)C.CC1CCC(Nc2ncc3cc(B4OC(C)(C)C(C)(C)O4)ccc3n2)CC1.CC1CCC(Nc2ncc3cc(Br)ccc3n2)CC1.N=C(N)N.Nc1ncc2cc(Br)ccc2n1.O=Cc1cc(Br)ccc1F. The Labute approximate surface area is 736 Å². The molecule has 3 saturated heterocycles. The number of anilines is 3. The zero-order valence-electron chi connectivity index (χ0n) is 70.1. The van der Waals surface area contributed by atoms with Crippen LogP contribution in [0.2, 0.25) is 0 Å². The number of carbonyl (C=O) groups excluding carboxylic acids is 2. The molecule has 0 unspecified atom stereocenters. The molecule has 5 aromatic carbocycles. The van der Waals surface area contributed by atoms with E-state index >= 15 is 0 Å². The van der Waals surface area contributed by atoms with Crippen molar-refractivity contribution in [3.8, 4) is 0 Å². The molecule has 3 aliphatic carbocycles. The van der Waals surface area contributed by atoms with Crippen LogP contribution >= 0.6 is 86.3 Å². The fourth-order valence-electron chi connectivity index (χ4n) is 12.8. The molecule has 15 rings (SSSR count). The smallest absolute Gasteiger partial charge is 0.444 e. The Hall–Kier alpha value is -6.44. The molecule has 4 aromatic heterocycles. The number of nitrogens with one attached hydrogen (secondary N) is 4. The molecule has 3 aliphatic heterocycles. The number of nitrogens with zero attached hydrogens (tertiary/aromatic N) is 8. The summed E-state index contributed by atoms with van der Waals surface area (Å²) in [6.07, 6.45) is 21.4. The first-order valence-electron chi connectivity index (χ1n) is 39.5. The van der Waals surface area contributed by atoms with Gasteiger partial charge in [0.2, 0.25) is 17.8 Å². The van der Waals surface area contributed by atoms with Crippen LogP contribution in [0.1, 0.15) is 205 Å². The Morgan fingerprint density at radius 2 is 0.872 bits per heavy atom. The number of aldehydes is 1. The number of rotatable bonds is 8. The van der Waals surface area contributed by atoms with E-state index in [9.17, 15) is 14.0 Å². The number of hydrogen-bond donors (Lipinski definition) is 8. The zero-order valence-corrected chi connectivity index (χ0v) is 78.6. The van der Waals surface area contributed by atoms with Gasteiger partial charge in [-0.3, -0.25) is 10.2 Å². The molecule has 34 heteroatoms. The van der Waals surface area contributed by atoms with Gasteiger partial charge in [-0.1, -0.05) is 89.7 Å². The number of aromatic nitrogens is 8. The van der Waals surface area contributed by atoms with Crippen molar-refractivity contribution in [1.29, 1.82) is 5.41 Å². The van der Waals surface area contributed by atoms with Gasteiger partial charge in [-0.15, -0.1) is 0 Å². The Morgan fingerprint density at radius 3 is 1.28 bits per heavy atom. The third kappa shape index (κ3) is 29.1. The maximum atomic E-state index is 12.5. The number of ether oxygens (including phenoxy) is 1. The number of guanidine groups is 1. The second-order valence-corrected chi connectivity index (χ2v) is 38.8. The van der Waals surface area contributed by atoms with Crippen LogP contribution in [0.25, 0.3) is 43.6 Å². The van der Waals surface area contributed by atoms with Crippen molar-refractivity contribution in [1.82, 2.24) is 45.2 Å². The van der Waals surface area contributed by atoms with Gasteiger partial charge < -0.3 is 71.5 Å². The fourth-order valence-corrected chi connectivity index (χ4v) is 14.8. The van der Waals surface area contributed by atoms with E-state index in [2.05, 4.69) is 196 Å². The van der Waals surface area contributed by atoms with E-state index in [1.54, 1.807) is 12.3 Å². The second kappa shape index (κ2) is 41.9. The Bertz CT molecular complexity index is 4580. The first kappa shape index (κ1) is 96.0. The average molecular weight is 1980 g/mol. The second-order valence-electron chi connectivity index (χ2n) is 34.2. The number of hydrogen-bond acceptors (Lipinski definition) is 22. The van der Waals surface area contributed by atoms with Gasteiger partial charge in [0, 0.05) is 111 Å². The van der Waals surface area contributed by atoms with Gasteiger partial charge in [0.25, 0.3) is 0 Å². The van der Waals surface area contributed by atoms with Crippen LogP contribution in [-0.4, -0.2) is 143 Å². The highest BCUT2D eigenvalue weighted by molar-refractivity contribution is 14.1. The van der Waals surface area contributed by atoms with E-state index in [1.807, 2.05) is 161 Å². The minimum atomic E-state index is -0.488. The summed E-state index contributed by atoms with van der Waals surface area (Å²) in [5, 5.41) is 20.0. The molecule has 0 spiro atoms. The quantitative estimate of drug-likeness (QED) is 0.0175. The van der Waals surface area contributed by atoms with Crippen LogP contribution in [0.3, 0.4) is 0 Å². The van der Waals surface area contributed by atoms with E-state index in [4.69, 9.17) is 54.5 Å². The van der Waals surface area contributed by atoms with Crippen molar-refractivity contribution in [3.63, 3.8) is 0 Å². The van der Waals surface area contributed by atoms with E-state index < -0.39 is 25.4 Å². The normalized spacial score (nSPS) is 21.6. The molecule has 25 nitrogen and oxygen atoms in total. The highest BCUT2D eigenvalue weighted by Crippen LogP contribution is 2.44. The number of nitrogens with two attached hydrogens (primary N) is 4. The third-order valence-corrected chi connectivity index (χ3v) is 24.3. The summed E-state index contributed by atoms with van der Waals surface area (Å²) in [5.41, 5.74) is 22.5. The van der Waals surface area contributed by atoms with Crippen molar-refractivity contribution in [2.45, 2.75) is 258 Å². The summed E-state index contributed by atoms with van der Waals surface area (Å²) in [6.45, 7) is 34.8. The first-order valence-corrected chi connectivity index (χ1v) is 43.7. The van der Waals surface area contributed by atoms with Crippen LogP contribution in [0.15, 0.2) is 134 Å². The molecule has 0 radical (unpaired) electrons. The largest absolute Gasteiger partial charge is 0.494 e. The number of alkyl carbamates (subject to hydrolysis) is 1. The van der Waals surface area contributed by atoms with Crippen molar-refractivity contribution in [2.75, 3.05) is 16.4 Å². The number of fused-ring (bicyclic) bond motifs is 4. The first-order chi connectivity index (χ1) is 54.7. The van der Waals surface area contributed by atoms with Gasteiger partial charge in [-0.05, 0) is 277 Å². The lowest BCUT2D eigenvalue weighted by Gasteiger charge is -2.32. The molecule has 0 bridgehead atoms. The lowest BCUT2D eigenvalue weighted by Crippen LogP contribution is -2.42. The van der Waals surface area contributed by atoms with Crippen LogP contribution < -0.4 is 44.3 Å². The molecule has 9 aromatic rings. The molecule has 630 valence electrons. The summed E-state index contributed by atoms with van der Waals surface area (Å²) in [4.78, 5) is 56.1. The summed E-state index contributed by atoms with van der Waals surface area (Å²) in [5.74, 6) is 2.68. The molecule has 6 aliphatic rings. The molecule has 12 N–H and O–H groups in total. The van der Waals surface area contributed by atoms with E-state index in [0.717, 1.165) is 116 Å². The van der Waals surface area contributed by atoms with E-state index in [0.29, 0.717) is 34.8 Å². The van der Waals surface area contributed by atoms with Gasteiger partial charge in [0.15, 0.2) is 16.1 Å². The van der Waals surface area contributed by atoms with Crippen LogP contribution in [0.5, 0.6) is 0 Å². The Morgan fingerprint density at radius 1 is 0.521 bits per heavy atom. The summed E-state index contributed by atoms with van der Waals surface area (Å²) < 4.78 is 58.5. The molecule has 0 atom stereocenters. The van der Waals surface area contributed by atoms with Gasteiger partial charge in [-0.25, -0.2) is 49.1 Å². The maximum absolute atomic E-state index is 12.5. The van der Waals surface area contributed by atoms with Crippen molar-refractivity contribution >= 4 is 193 Å². The van der Waals surface area contributed by atoms with E-state index in [-0.39, 0.29) is 64.4 Å². The van der Waals surface area contributed by atoms with Crippen LogP contribution in [0.4, 0.5) is 27.0 Å². The molecule has 7 heterocycles. The van der Waals surface area contributed by atoms with Crippen molar-refractivity contribution in [3.05, 3.63) is 149 Å². The molecule has 117 heavy (non-hydrogen) atoms. The van der Waals surface area contributed by atoms with Gasteiger partial charge in [0.05, 0.1) is 61.2 Å². The van der Waals surface area contributed by atoms with Crippen molar-refractivity contribution < 1.29 is 46.6 Å². The number of carbonyl (C=O) groups is 2. The zero-order chi connectivity index (χ0) is 86.2. The summed E-state index contributed by atoms with van der Waals surface area (Å²) >= 11 is 15.4. The molecular weight excluding hydrogens is 1860 g/mol. The molecule has 1 amide bonds. The molecule has 3 saturated carbocycles. The minimum Gasteiger partial charge on any atom is -0.444 e. The lowest BCUT2D eigenvalue weighted by molar-refractivity contribution is 0.00578. The number of halogens is 6. The number of benzene rings is 5. The fraction of sp³-hybridized carbons (Fsp3) is 0.506. The Balaban J connectivity index is 0.000000173. The third-order valence-electron chi connectivity index (χ3n) is 21.8. The van der Waals surface area contributed by atoms with Gasteiger partial charge in [-0.2, -0.15) is 0 Å². The molecule has 6 fully saturated rings. The number of amides is 1. The van der Waals surface area contributed by atoms with Gasteiger partial charge >= 0.3 is 27.2 Å². The standard InChI is InChI=1S/C21H30BN3O2.C15H18BrN3.C12H24B2O4.C11H22N2O2.C8H4BrIN2.C8H6BrN3.C7H4BrFO.CH5N3/c1-14-6-9-17(10-7-14)24-19-23-13-15-12-16(8-11-18(15)25-19)22-26-20(2,3)21(4,5)27-22;1-10-2-5-13(6-3-10)18-15-17-9-11-8-12(16)4-7-14(11)19-15;1-9(2)10(3,4)16-13(15-9)14-17-11(5,6)12(7,8)18-14;1-11(2,3)15-10(14)13-9-6-4-8(12)5-7-9;2*9-6-1-2-7-5(3-6)4-11-8(10)12-7;8-6-1-2-7(9)5(3-6)4-10;2-1(3)4/h8,11-14,17H,6-7,9-10H2,1-5H3,(H,23,24,25);4,7-10,13H,2-3,5-6H2,1H3,(H,17,18,19);1-8H3;8-9H,4-7,12H2,1-3H3,(H,13,14);1-4H;1-4H,(H2,10,11,12);1-4H;(H5,2,3,4). The lowest BCUT2D eigenvalue weighted by atomic mass is 9.49. The Kier molecular flexibility index (Phi) is 34.4. The predicted molar refractivity (Wildman–Crippen MR) is 492 cm³/mol. The molecular formula is C83H113B3Br4FIN16O9. The summed E-state index contributed by atoms with van der Waals surface area (Å²) in [6, 6.07) is 29.8. The topological polar surface area (TPSA) is 366 Å². The van der Waals surface area contributed by atoms with Gasteiger partial charge in [0.1, 0.15) is 11.4 Å². The highest BCUT2D eigenvalue weighted by Gasteiger charge is 2.64. The maximum Gasteiger partial charge on any atom is 0.494 e. The van der Waals surface area contributed by atoms with Crippen molar-refractivity contribution in [2.24, 2.45) is 29.0 Å². The minimum absolute atomic E-state index is 0.0781. The highest BCUT2D eigenvalue weighted by atomic mass is 127. The summed E-state index contributed by atoms with van der Waals surface area (Å²) in [7, 11) is -1.31.